The number of rotatable bonds is 27. The van der Waals surface area contributed by atoms with E-state index in [0.717, 1.165) is 12.8 Å². The average Bonchev–Trinajstić information content (AvgIpc) is 2.76. The number of carboxylic acid groups (broad SMARTS) is 1. The van der Waals surface area contributed by atoms with Crippen molar-refractivity contribution in [2.45, 2.75) is 180 Å². The average molecular weight is 481 g/mol. The molecule has 0 aromatic rings. The molecule has 0 heterocycles. The molecule has 0 bridgehead atoms. The Morgan fingerprint density at radius 1 is 0.438 bits per heavy atom. The van der Waals surface area contributed by atoms with Crippen LogP contribution in [0.1, 0.15) is 183 Å². The largest absolute Gasteiger partial charge is 2.00 e. The number of unbranched alkanes of at least 4 members (excludes halogenated alkanes) is 25. The third-order valence-electron chi connectivity index (χ3n) is 6.74. The number of aliphatic carboxylic acids is 1. The summed E-state index contributed by atoms with van der Waals surface area (Å²) in [5.41, 5.74) is 0. The van der Waals surface area contributed by atoms with Crippen molar-refractivity contribution in [3.05, 3.63) is 0 Å². The molecule has 0 aromatic carbocycles. The van der Waals surface area contributed by atoms with Gasteiger partial charge in [0.15, 0.2) is 0 Å². The second kappa shape index (κ2) is 31.7. The van der Waals surface area contributed by atoms with Crippen LogP contribution in [-0.4, -0.2) is 48.8 Å². The van der Waals surface area contributed by atoms with Gasteiger partial charge < -0.3 is 7.96 Å². The molecule has 0 unspecified atom stereocenters. The van der Waals surface area contributed by atoms with Gasteiger partial charge in [-0.25, -0.2) is 0 Å². The molecule has 0 rings (SSSR count). The molecule has 0 atom stereocenters. The summed E-state index contributed by atoms with van der Waals surface area (Å²) in [4.78, 5) is 10.4. The number of carboxylic acids is 1. The zero-order chi connectivity index (χ0) is 22.7. The van der Waals surface area contributed by atoms with E-state index >= 15 is 0 Å². The summed E-state index contributed by atoms with van der Waals surface area (Å²) in [6.07, 6.45) is 36.5. The van der Waals surface area contributed by atoms with Gasteiger partial charge in [-0.3, -0.25) is 4.79 Å². The summed E-state index contributed by atoms with van der Waals surface area (Å²) in [6, 6.07) is 0. The molecule has 0 fully saturated rings. The number of hydrogen-bond acceptors (Lipinski definition) is 1. The summed E-state index contributed by atoms with van der Waals surface area (Å²) in [6.45, 7) is 2.30. The van der Waals surface area contributed by atoms with Gasteiger partial charge in [-0.2, -0.15) is 0 Å². The topological polar surface area (TPSA) is 37.3 Å². The molecule has 0 aliphatic carbocycles. The van der Waals surface area contributed by atoms with Crippen molar-refractivity contribution in [2.24, 2.45) is 0 Å². The van der Waals surface area contributed by atoms with E-state index in [1.165, 1.54) is 154 Å². The van der Waals surface area contributed by atoms with Crippen LogP contribution >= 0.6 is 0 Å². The van der Waals surface area contributed by atoms with E-state index < -0.39 is 5.97 Å². The maximum atomic E-state index is 10.4. The molecule has 0 aliphatic heterocycles. The van der Waals surface area contributed by atoms with Gasteiger partial charge in [0.2, 0.25) is 0 Å². The first kappa shape index (κ1) is 34.9. The Hall–Kier alpha value is 0.730. The predicted octanol–water partition coefficient (Wildman–Crippen LogP) is 10.5. The van der Waals surface area contributed by atoms with Gasteiger partial charge in [0, 0.05) is 6.42 Å². The van der Waals surface area contributed by atoms with E-state index in [4.69, 9.17) is 5.11 Å². The second-order valence-electron chi connectivity index (χ2n) is 9.98. The molecule has 3 heteroatoms. The molecule has 1 N–H and O–H groups in total. The molecular formula is C29H60CaO2. The molecule has 0 radical (unpaired) electrons. The maximum absolute atomic E-state index is 10.4. The first-order valence-corrected chi connectivity index (χ1v) is 14.5. The summed E-state index contributed by atoms with van der Waals surface area (Å²) >= 11 is 0. The molecule has 0 aromatic heterocycles. The summed E-state index contributed by atoms with van der Waals surface area (Å²) in [5, 5.41) is 8.60. The minimum atomic E-state index is -0.649. The van der Waals surface area contributed by atoms with Crippen LogP contribution < -0.4 is 0 Å². The summed E-state index contributed by atoms with van der Waals surface area (Å²) in [5.74, 6) is -0.649. The fraction of sp³-hybridized carbons (Fsp3) is 0.966. The van der Waals surface area contributed by atoms with E-state index in [1.54, 1.807) is 0 Å². The van der Waals surface area contributed by atoms with Crippen LogP contribution in [0.15, 0.2) is 0 Å². The van der Waals surface area contributed by atoms with Crippen molar-refractivity contribution in [1.29, 1.82) is 0 Å². The van der Waals surface area contributed by atoms with Crippen molar-refractivity contribution >= 4 is 43.7 Å². The van der Waals surface area contributed by atoms with Crippen LogP contribution in [0.4, 0.5) is 0 Å². The van der Waals surface area contributed by atoms with Gasteiger partial charge >= 0.3 is 43.7 Å². The fourth-order valence-corrected chi connectivity index (χ4v) is 4.59. The van der Waals surface area contributed by atoms with E-state index in [9.17, 15) is 4.79 Å². The van der Waals surface area contributed by atoms with Crippen LogP contribution in [0.5, 0.6) is 0 Å². The Labute approximate surface area is 235 Å². The molecule has 0 saturated heterocycles. The number of carbonyl (C=O) groups is 1. The first-order valence-electron chi connectivity index (χ1n) is 14.5. The monoisotopic (exact) mass is 480 g/mol. The van der Waals surface area contributed by atoms with Gasteiger partial charge in [0.1, 0.15) is 0 Å². The Bertz CT molecular complexity index is 357. The SMILES string of the molecule is CCCCCCCCCCCCCCCCCCCCCCCCCCCCC(=O)O.[Ca+2].[H-].[H-]. The Morgan fingerprint density at radius 2 is 0.625 bits per heavy atom. The van der Waals surface area contributed by atoms with Crippen molar-refractivity contribution in [3.8, 4) is 0 Å². The van der Waals surface area contributed by atoms with E-state index in [-0.39, 0.29) is 40.6 Å². The van der Waals surface area contributed by atoms with Gasteiger partial charge in [-0.05, 0) is 6.42 Å². The van der Waals surface area contributed by atoms with Crippen molar-refractivity contribution in [3.63, 3.8) is 0 Å². The minimum absolute atomic E-state index is 0. The van der Waals surface area contributed by atoms with Crippen LogP contribution in [-0.2, 0) is 4.79 Å². The fourth-order valence-electron chi connectivity index (χ4n) is 4.59. The normalized spacial score (nSPS) is 10.9. The zero-order valence-corrected chi connectivity index (χ0v) is 24.4. The molecule has 0 spiro atoms. The smallest absolute Gasteiger partial charge is 1.00 e. The zero-order valence-electron chi connectivity index (χ0n) is 24.2. The van der Waals surface area contributed by atoms with Gasteiger partial charge in [-0.1, -0.05) is 167 Å². The molecule has 2 nitrogen and oxygen atoms in total. The van der Waals surface area contributed by atoms with E-state index in [2.05, 4.69) is 6.92 Å². The van der Waals surface area contributed by atoms with Crippen LogP contribution in [0.25, 0.3) is 0 Å². The van der Waals surface area contributed by atoms with Crippen LogP contribution in [0.3, 0.4) is 0 Å². The van der Waals surface area contributed by atoms with Crippen molar-refractivity contribution in [2.75, 3.05) is 0 Å². The van der Waals surface area contributed by atoms with Crippen LogP contribution in [0, 0.1) is 0 Å². The number of hydrogen-bond donors (Lipinski definition) is 1. The third-order valence-corrected chi connectivity index (χ3v) is 6.74. The second-order valence-corrected chi connectivity index (χ2v) is 9.98. The molecule has 32 heavy (non-hydrogen) atoms. The van der Waals surface area contributed by atoms with Gasteiger partial charge in [0.05, 0.1) is 0 Å². The maximum Gasteiger partial charge on any atom is 2.00 e. The van der Waals surface area contributed by atoms with Gasteiger partial charge in [-0.15, -0.1) is 0 Å². The molecule has 190 valence electrons. The van der Waals surface area contributed by atoms with Crippen molar-refractivity contribution < 1.29 is 12.8 Å². The minimum Gasteiger partial charge on any atom is -1.00 e. The predicted molar refractivity (Wildman–Crippen MR) is 146 cm³/mol. The molecule has 0 aliphatic rings. The molecular weight excluding hydrogens is 420 g/mol. The van der Waals surface area contributed by atoms with Crippen molar-refractivity contribution in [1.82, 2.24) is 0 Å². The van der Waals surface area contributed by atoms with E-state index in [1.807, 2.05) is 0 Å². The first-order chi connectivity index (χ1) is 15.3. The molecule has 0 amide bonds. The third kappa shape index (κ3) is 32.9. The Morgan fingerprint density at radius 3 is 0.812 bits per heavy atom. The van der Waals surface area contributed by atoms with Gasteiger partial charge in [0.25, 0.3) is 0 Å². The summed E-state index contributed by atoms with van der Waals surface area (Å²) in [7, 11) is 0. The van der Waals surface area contributed by atoms with Crippen LogP contribution in [0.2, 0.25) is 0 Å². The quantitative estimate of drug-likeness (QED) is 0.0937. The Balaban J connectivity index is -0.00000150. The Kier molecular flexibility index (Phi) is 34.6. The summed E-state index contributed by atoms with van der Waals surface area (Å²) < 4.78 is 0. The molecule has 0 saturated carbocycles. The van der Waals surface area contributed by atoms with E-state index in [0.29, 0.717) is 6.42 Å². The standard InChI is InChI=1S/C29H58O2.Ca.2H/c1-2-3-4-5-6-7-8-9-10-11-12-13-14-15-16-17-18-19-20-21-22-23-24-25-26-27-28-29(30)31;;;/h2-28H2,1H3,(H,30,31);;;/q;+2;2*-1.